The first-order chi connectivity index (χ1) is 11.7. The third-order valence-corrected chi connectivity index (χ3v) is 4.28. The number of aromatic nitrogens is 2. The average Bonchev–Trinajstić information content (AvgIpc) is 3.31. The van der Waals surface area contributed by atoms with E-state index in [1.54, 1.807) is 12.4 Å². The number of benzene rings is 1. The minimum atomic E-state index is 0.00780. The number of nitrogens with zero attached hydrogens (tertiary/aromatic N) is 2. The minimum absolute atomic E-state index is 0.00780. The fourth-order valence-electron chi connectivity index (χ4n) is 2.83. The van der Waals surface area contributed by atoms with Crippen LogP contribution >= 0.6 is 0 Å². The number of rotatable bonds is 6. The van der Waals surface area contributed by atoms with Gasteiger partial charge in [0.1, 0.15) is 0 Å². The lowest BCUT2D eigenvalue weighted by Gasteiger charge is -2.15. The van der Waals surface area contributed by atoms with Crippen molar-refractivity contribution in [1.29, 1.82) is 0 Å². The molecule has 0 atom stereocenters. The third kappa shape index (κ3) is 4.22. The van der Waals surface area contributed by atoms with Crippen LogP contribution in [0.3, 0.4) is 0 Å². The van der Waals surface area contributed by atoms with Gasteiger partial charge >= 0.3 is 0 Å². The van der Waals surface area contributed by atoms with Crippen LogP contribution in [0.15, 0.2) is 36.7 Å². The van der Waals surface area contributed by atoms with Gasteiger partial charge in [-0.3, -0.25) is 14.7 Å². The SMILES string of the molecule is O=C(CCc1cn[nH]c1)NCc1ccc(C(=O)N2CCCC2)cc1. The van der Waals surface area contributed by atoms with Crippen molar-refractivity contribution in [1.82, 2.24) is 20.4 Å². The summed E-state index contributed by atoms with van der Waals surface area (Å²) in [6, 6.07) is 7.49. The molecule has 2 N–H and O–H groups in total. The smallest absolute Gasteiger partial charge is 0.253 e. The standard InChI is InChI=1S/C18H22N4O2/c23-17(8-5-15-12-20-21-13-15)19-11-14-3-6-16(7-4-14)18(24)22-9-1-2-10-22/h3-4,6-7,12-13H,1-2,5,8-11H2,(H,19,23)(H,20,21). The zero-order valence-corrected chi connectivity index (χ0v) is 13.6. The van der Waals surface area contributed by atoms with Gasteiger partial charge in [-0.25, -0.2) is 0 Å². The molecule has 6 nitrogen and oxygen atoms in total. The Bertz CT molecular complexity index is 674. The summed E-state index contributed by atoms with van der Waals surface area (Å²) in [5.41, 5.74) is 2.73. The maximum atomic E-state index is 12.3. The van der Waals surface area contributed by atoms with Crippen LogP contribution in [0.2, 0.25) is 0 Å². The van der Waals surface area contributed by atoms with Gasteiger partial charge in [0.25, 0.3) is 5.91 Å². The molecule has 3 rings (SSSR count). The van der Waals surface area contributed by atoms with Crippen LogP contribution in [0.4, 0.5) is 0 Å². The second-order valence-corrected chi connectivity index (χ2v) is 6.08. The maximum absolute atomic E-state index is 12.3. The molecule has 0 radical (unpaired) electrons. The van der Waals surface area contributed by atoms with Crippen LogP contribution in [0.25, 0.3) is 0 Å². The number of nitrogens with one attached hydrogen (secondary N) is 2. The summed E-state index contributed by atoms with van der Waals surface area (Å²) in [4.78, 5) is 26.0. The summed E-state index contributed by atoms with van der Waals surface area (Å²) in [7, 11) is 0. The van der Waals surface area contributed by atoms with E-state index in [9.17, 15) is 9.59 Å². The van der Waals surface area contributed by atoms with Gasteiger partial charge in [0.2, 0.25) is 5.91 Å². The van der Waals surface area contributed by atoms with Crippen molar-refractivity contribution >= 4 is 11.8 Å². The zero-order chi connectivity index (χ0) is 16.8. The number of likely N-dealkylation sites (tertiary alicyclic amines) is 1. The van der Waals surface area contributed by atoms with E-state index in [-0.39, 0.29) is 11.8 Å². The number of H-pyrrole nitrogens is 1. The second-order valence-electron chi connectivity index (χ2n) is 6.08. The Labute approximate surface area is 141 Å². The molecule has 1 aromatic heterocycles. The molecule has 1 fully saturated rings. The topological polar surface area (TPSA) is 78.1 Å². The molecule has 0 bridgehead atoms. The number of aromatic amines is 1. The van der Waals surface area contributed by atoms with Crippen LogP contribution in [-0.2, 0) is 17.8 Å². The zero-order valence-electron chi connectivity index (χ0n) is 13.6. The molecule has 2 amide bonds. The highest BCUT2D eigenvalue weighted by molar-refractivity contribution is 5.94. The Morgan fingerprint density at radius 2 is 1.88 bits per heavy atom. The summed E-state index contributed by atoms with van der Waals surface area (Å²) in [6.07, 6.45) is 6.81. The van der Waals surface area contributed by atoms with Gasteiger partial charge in [0.05, 0.1) is 6.20 Å². The van der Waals surface area contributed by atoms with Gasteiger partial charge in [-0.15, -0.1) is 0 Å². The lowest BCUT2D eigenvalue weighted by atomic mass is 10.1. The highest BCUT2D eigenvalue weighted by Gasteiger charge is 2.19. The van der Waals surface area contributed by atoms with Gasteiger partial charge in [-0.2, -0.15) is 5.10 Å². The molecule has 2 heterocycles. The van der Waals surface area contributed by atoms with Crippen molar-refractivity contribution < 1.29 is 9.59 Å². The van der Waals surface area contributed by atoms with Crippen molar-refractivity contribution in [2.75, 3.05) is 13.1 Å². The Kier molecular flexibility index (Phi) is 5.25. The van der Waals surface area contributed by atoms with Crippen molar-refractivity contribution in [3.8, 4) is 0 Å². The van der Waals surface area contributed by atoms with Crippen molar-refractivity contribution in [2.45, 2.75) is 32.2 Å². The van der Waals surface area contributed by atoms with Gasteiger partial charge in [-0.05, 0) is 42.5 Å². The number of carbonyl (C=O) groups is 2. The molecule has 1 aliphatic rings. The Hall–Kier alpha value is -2.63. The molecule has 1 saturated heterocycles. The van der Waals surface area contributed by atoms with Crippen LogP contribution in [0, 0.1) is 0 Å². The van der Waals surface area contributed by atoms with Gasteiger partial charge in [0.15, 0.2) is 0 Å². The fourth-order valence-corrected chi connectivity index (χ4v) is 2.83. The van der Waals surface area contributed by atoms with E-state index in [4.69, 9.17) is 0 Å². The molecular formula is C18H22N4O2. The summed E-state index contributed by atoms with van der Waals surface area (Å²) in [5, 5.41) is 9.49. The molecule has 0 aliphatic carbocycles. The van der Waals surface area contributed by atoms with Gasteiger partial charge in [0, 0.05) is 37.8 Å². The second kappa shape index (κ2) is 7.77. The van der Waals surface area contributed by atoms with E-state index >= 15 is 0 Å². The molecule has 0 saturated carbocycles. The van der Waals surface area contributed by atoms with Crippen molar-refractivity contribution in [3.05, 3.63) is 53.3 Å². The highest BCUT2D eigenvalue weighted by atomic mass is 16.2. The first-order valence-corrected chi connectivity index (χ1v) is 8.35. The summed E-state index contributed by atoms with van der Waals surface area (Å²) < 4.78 is 0. The number of hydrogen-bond donors (Lipinski definition) is 2. The largest absolute Gasteiger partial charge is 0.352 e. The molecule has 24 heavy (non-hydrogen) atoms. The van der Waals surface area contributed by atoms with E-state index in [1.165, 1.54) is 0 Å². The van der Waals surface area contributed by atoms with E-state index in [0.717, 1.165) is 37.1 Å². The maximum Gasteiger partial charge on any atom is 0.253 e. The number of aryl methyl sites for hydroxylation is 1. The highest BCUT2D eigenvalue weighted by Crippen LogP contribution is 2.13. The van der Waals surface area contributed by atoms with Gasteiger partial charge in [-0.1, -0.05) is 12.1 Å². The number of hydrogen-bond acceptors (Lipinski definition) is 3. The van der Waals surface area contributed by atoms with Crippen LogP contribution in [0.5, 0.6) is 0 Å². The number of amides is 2. The lowest BCUT2D eigenvalue weighted by molar-refractivity contribution is -0.121. The van der Waals surface area contributed by atoms with Crippen molar-refractivity contribution in [2.24, 2.45) is 0 Å². The quantitative estimate of drug-likeness (QED) is 0.851. The third-order valence-electron chi connectivity index (χ3n) is 4.28. The lowest BCUT2D eigenvalue weighted by Crippen LogP contribution is -2.27. The minimum Gasteiger partial charge on any atom is -0.352 e. The van der Waals surface area contributed by atoms with E-state index in [1.807, 2.05) is 29.2 Å². The Morgan fingerprint density at radius 3 is 2.54 bits per heavy atom. The van der Waals surface area contributed by atoms with Crippen LogP contribution in [0.1, 0.15) is 40.7 Å². The first-order valence-electron chi connectivity index (χ1n) is 8.35. The molecule has 0 unspecified atom stereocenters. The molecule has 126 valence electrons. The Morgan fingerprint density at radius 1 is 1.12 bits per heavy atom. The van der Waals surface area contributed by atoms with Gasteiger partial charge < -0.3 is 10.2 Å². The predicted molar refractivity (Wildman–Crippen MR) is 90.3 cm³/mol. The van der Waals surface area contributed by atoms with Crippen LogP contribution in [-0.4, -0.2) is 40.0 Å². The number of carbonyl (C=O) groups excluding carboxylic acids is 2. The Balaban J connectivity index is 1.45. The summed E-state index contributed by atoms with van der Waals surface area (Å²) in [6.45, 7) is 2.18. The van der Waals surface area contributed by atoms with Crippen molar-refractivity contribution in [3.63, 3.8) is 0 Å². The van der Waals surface area contributed by atoms with E-state index in [0.29, 0.717) is 24.9 Å². The molecular weight excluding hydrogens is 304 g/mol. The average molecular weight is 326 g/mol. The normalized spacial score (nSPS) is 13.9. The predicted octanol–water partition coefficient (Wildman–Crippen LogP) is 1.89. The summed E-state index contributed by atoms with van der Waals surface area (Å²) >= 11 is 0. The summed E-state index contributed by atoms with van der Waals surface area (Å²) in [5.74, 6) is 0.108. The van der Waals surface area contributed by atoms with E-state index < -0.39 is 0 Å². The van der Waals surface area contributed by atoms with Crippen LogP contribution < -0.4 is 5.32 Å². The first kappa shape index (κ1) is 16.2. The molecule has 1 aromatic carbocycles. The molecule has 1 aliphatic heterocycles. The molecule has 0 spiro atoms. The molecule has 6 heteroatoms. The monoisotopic (exact) mass is 326 g/mol. The van der Waals surface area contributed by atoms with E-state index in [2.05, 4.69) is 15.5 Å². The fraction of sp³-hybridized carbons (Fsp3) is 0.389. The molecule has 2 aromatic rings.